The van der Waals surface area contributed by atoms with Crippen molar-refractivity contribution in [2.24, 2.45) is 0 Å². The van der Waals surface area contributed by atoms with Crippen LogP contribution in [0.4, 0.5) is 5.69 Å². The third-order valence-electron chi connectivity index (χ3n) is 3.35. The van der Waals surface area contributed by atoms with Gasteiger partial charge in [-0.25, -0.2) is 0 Å². The van der Waals surface area contributed by atoms with Crippen molar-refractivity contribution >= 4 is 5.69 Å². The van der Waals surface area contributed by atoms with Gasteiger partial charge in [-0.05, 0) is 13.0 Å². The predicted molar refractivity (Wildman–Crippen MR) is 77.0 cm³/mol. The van der Waals surface area contributed by atoms with Gasteiger partial charge < -0.3 is 9.80 Å². The summed E-state index contributed by atoms with van der Waals surface area (Å²) in [5.41, 5.74) is 5.52. The van der Waals surface area contributed by atoms with Gasteiger partial charge in [-0.3, -0.25) is 0 Å². The summed E-state index contributed by atoms with van der Waals surface area (Å²) in [6, 6.07) is 7.37. The third-order valence-corrected chi connectivity index (χ3v) is 3.35. The van der Waals surface area contributed by atoms with Crippen LogP contribution in [0.25, 0.3) is 0 Å². The van der Waals surface area contributed by atoms with Crippen molar-refractivity contribution < 1.29 is 21.1 Å². The molecule has 0 aliphatic carbocycles. The molecule has 1 heterocycles. The summed E-state index contributed by atoms with van der Waals surface area (Å²) in [6.45, 7) is 14.5. The van der Waals surface area contributed by atoms with Crippen LogP contribution in [0.5, 0.6) is 0 Å². The van der Waals surface area contributed by atoms with Gasteiger partial charge in [-0.1, -0.05) is 32.7 Å². The van der Waals surface area contributed by atoms with Crippen LogP contribution < -0.4 is 4.90 Å². The first kappa shape index (κ1) is 15.8. The quantitative estimate of drug-likeness (QED) is 0.636. The molecule has 0 atom stereocenters. The molecule has 3 heteroatoms. The Bertz CT molecular complexity index is 558. The Hall–Kier alpha value is -1.27. The van der Waals surface area contributed by atoms with Gasteiger partial charge in [0, 0.05) is 18.4 Å². The smallest absolute Gasteiger partial charge is 0.352 e. The van der Waals surface area contributed by atoms with Crippen LogP contribution in [0.2, 0.25) is 0 Å². The van der Waals surface area contributed by atoms with E-state index in [1.807, 2.05) is 20.0 Å². The van der Waals surface area contributed by atoms with Crippen molar-refractivity contribution in [1.29, 1.82) is 0 Å². The van der Waals surface area contributed by atoms with Gasteiger partial charge in [0.2, 0.25) is 0 Å². The van der Waals surface area contributed by atoms with E-state index >= 15 is 0 Å². The maximum absolute atomic E-state index is 4.15. The Kier molecular flexibility index (Phi) is 4.81. The summed E-state index contributed by atoms with van der Waals surface area (Å²) >= 11 is 0. The summed E-state index contributed by atoms with van der Waals surface area (Å²) in [7, 11) is 2.01. The molecule has 1 aromatic rings. The van der Waals surface area contributed by atoms with Crippen LogP contribution in [0.1, 0.15) is 18.1 Å². The van der Waals surface area contributed by atoms with Crippen LogP contribution in [0, 0.1) is 19.9 Å². The zero-order valence-corrected chi connectivity index (χ0v) is 14.9. The minimum atomic E-state index is 0. The molecular weight excluding hydrogens is 404 g/mol. The molecule has 0 N–H and O–H groups in total. The van der Waals surface area contributed by atoms with Crippen molar-refractivity contribution in [3.8, 4) is 0 Å². The molecule has 0 unspecified atom stereocenters. The number of nitrogens with zero attached hydrogens (tertiary/aromatic N) is 2. The number of anilines is 1. The fraction of sp³-hybridized carbons (Fsp3) is 0.250. The standard InChI is InChI=1S/C16H19N2.W/c1-11-7-8-16(12(2)9-11)18-14(4)10-13(3)17(6)15(18)5;/h8-10H,4-5H2,1-3,6H3;/q-1;+2. The molecule has 2 nitrogen and oxygen atoms in total. The van der Waals surface area contributed by atoms with E-state index in [0.29, 0.717) is 0 Å². The summed E-state index contributed by atoms with van der Waals surface area (Å²) in [5.74, 6) is 0.917. The molecular formula is C16H19N2W+. The second-order valence-electron chi connectivity index (χ2n) is 4.77. The van der Waals surface area contributed by atoms with E-state index in [2.05, 4.69) is 55.0 Å². The maximum atomic E-state index is 4.15. The minimum absolute atomic E-state index is 0. The molecule has 98 valence electrons. The van der Waals surface area contributed by atoms with Crippen molar-refractivity contribution in [3.05, 3.63) is 65.8 Å². The van der Waals surface area contributed by atoms with Gasteiger partial charge in [0.15, 0.2) is 0 Å². The Morgan fingerprint density at radius 1 is 1.16 bits per heavy atom. The van der Waals surface area contributed by atoms with E-state index in [-0.39, 0.29) is 21.1 Å². The zero-order valence-electron chi connectivity index (χ0n) is 11.9. The molecule has 0 aromatic heterocycles. The molecule has 1 aromatic carbocycles. The Morgan fingerprint density at radius 2 is 1.79 bits per heavy atom. The Labute approximate surface area is 130 Å². The summed E-state index contributed by atoms with van der Waals surface area (Å²) in [5, 5.41) is 0. The summed E-state index contributed by atoms with van der Waals surface area (Å²) in [4.78, 5) is 4.13. The first-order valence-electron chi connectivity index (χ1n) is 6.00. The van der Waals surface area contributed by atoms with Crippen molar-refractivity contribution in [3.63, 3.8) is 0 Å². The fourth-order valence-corrected chi connectivity index (χ4v) is 2.19. The number of benzene rings is 1. The molecule has 0 spiro atoms. The van der Waals surface area contributed by atoms with Gasteiger partial charge >= 0.3 is 21.1 Å². The van der Waals surface area contributed by atoms with Crippen LogP contribution in [0.3, 0.4) is 0 Å². The first-order valence-corrected chi connectivity index (χ1v) is 6.00. The number of hydrogen-bond acceptors (Lipinski definition) is 2. The number of hydrogen-bond donors (Lipinski definition) is 0. The molecule has 0 bridgehead atoms. The Balaban J connectivity index is 0.00000180. The molecule has 0 radical (unpaired) electrons. The van der Waals surface area contributed by atoms with Gasteiger partial charge in [-0.2, -0.15) is 23.8 Å². The molecule has 1 aliphatic rings. The average molecular weight is 423 g/mol. The summed E-state index contributed by atoms with van der Waals surface area (Å²) < 4.78 is 0. The van der Waals surface area contributed by atoms with Crippen LogP contribution in [-0.4, -0.2) is 11.9 Å². The molecule has 0 saturated heterocycles. The molecule has 19 heavy (non-hydrogen) atoms. The van der Waals surface area contributed by atoms with Crippen LogP contribution in [0.15, 0.2) is 48.6 Å². The molecule has 0 fully saturated rings. The van der Waals surface area contributed by atoms with E-state index in [1.54, 1.807) is 0 Å². The average Bonchev–Trinajstić information content (AvgIpc) is 2.29. The molecule has 0 saturated carbocycles. The monoisotopic (exact) mass is 423 g/mol. The Morgan fingerprint density at radius 3 is 2.37 bits per heavy atom. The number of aryl methyl sites for hydroxylation is 2. The predicted octanol–water partition coefficient (Wildman–Crippen LogP) is 3.74. The normalized spacial score (nSPS) is 15.3. The van der Waals surface area contributed by atoms with E-state index in [0.717, 1.165) is 28.5 Å². The second kappa shape index (κ2) is 5.79. The van der Waals surface area contributed by atoms with Gasteiger partial charge in [0.1, 0.15) is 0 Å². The minimum Gasteiger partial charge on any atom is -0.352 e. The van der Waals surface area contributed by atoms with E-state index in [4.69, 9.17) is 0 Å². The molecule has 2 rings (SSSR count). The fourth-order valence-electron chi connectivity index (χ4n) is 2.19. The maximum Gasteiger partial charge on any atom is 2.00 e. The zero-order chi connectivity index (χ0) is 13.4. The largest absolute Gasteiger partial charge is 2.00 e. The SMILES string of the molecule is C=C1C=C(C)N(C)C(=C)N1c1c[c-]c(C)cc1C.[W+2]. The molecule has 1 aliphatic heterocycles. The topological polar surface area (TPSA) is 6.48 Å². The van der Waals surface area contributed by atoms with Crippen LogP contribution in [-0.2, 0) is 21.1 Å². The second-order valence-corrected chi connectivity index (χ2v) is 4.77. The molecule has 0 amide bonds. The van der Waals surface area contributed by atoms with Gasteiger partial charge in [0.05, 0.1) is 5.82 Å². The van der Waals surface area contributed by atoms with E-state index in [1.165, 1.54) is 5.56 Å². The number of rotatable bonds is 1. The van der Waals surface area contributed by atoms with Crippen molar-refractivity contribution in [2.45, 2.75) is 20.8 Å². The van der Waals surface area contributed by atoms with Gasteiger partial charge in [-0.15, -0.1) is 5.56 Å². The van der Waals surface area contributed by atoms with Crippen LogP contribution >= 0.6 is 0 Å². The summed E-state index contributed by atoms with van der Waals surface area (Å²) in [6.07, 6.45) is 2.06. The van der Waals surface area contributed by atoms with Crippen molar-refractivity contribution in [2.75, 3.05) is 11.9 Å². The first-order chi connectivity index (χ1) is 8.41. The number of allylic oxidation sites excluding steroid dienone is 2. The van der Waals surface area contributed by atoms with E-state index in [9.17, 15) is 0 Å². The van der Waals surface area contributed by atoms with Crippen molar-refractivity contribution in [1.82, 2.24) is 4.90 Å². The van der Waals surface area contributed by atoms with E-state index < -0.39 is 0 Å². The third kappa shape index (κ3) is 2.84. The van der Waals surface area contributed by atoms with Gasteiger partial charge in [0.25, 0.3) is 0 Å².